The van der Waals surface area contributed by atoms with Gasteiger partial charge in [0.05, 0.1) is 0 Å². The molecule has 9 rings (SSSR count). The summed E-state index contributed by atoms with van der Waals surface area (Å²) in [5.41, 5.74) is 12.4. The number of benzene rings is 9. The lowest BCUT2D eigenvalue weighted by atomic mass is 9.90. The van der Waals surface area contributed by atoms with Crippen LogP contribution < -0.4 is 0 Å². The first-order valence-corrected chi connectivity index (χ1v) is 16.6. The molecule has 0 amide bonds. The maximum atomic E-state index is 2.33. The zero-order valence-corrected chi connectivity index (χ0v) is 26.5. The van der Waals surface area contributed by atoms with Crippen molar-refractivity contribution < 1.29 is 0 Å². The molecule has 0 saturated carbocycles. The average molecular weight is 609 g/mol. The fourth-order valence-corrected chi connectivity index (χ4v) is 7.10. The summed E-state index contributed by atoms with van der Waals surface area (Å²) in [6, 6.07) is 70.7. The smallest absolute Gasteiger partial charge is 0.00992 e. The third-order valence-electron chi connectivity index (χ3n) is 9.66. The van der Waals surface area contributed by atoms with Crippen molar-refractivity contribution in [3.63, 3.8) is 0 Å². The van der Waals surface area contributed by atoms with Gasteiger partial charge < -0.3 is 0 Å². The molecule has 9 aromatic carbocycles. The topological polar surface area (TPSA) is 0 Å². The lowest BCUT2D eigenvalue weighted by molar-refractivity contribution is 1.61. The molecule has 0 atom stereocenters. The summed E-state index contributed by atoms with van der Waals surface area (Å²) < 4.78 is 0. The Balaban J connectivity index is 1.03. The Labute approximate surface area is 281 Å². The molecule has 0 saturated heterocycles. The van der Waals surface area contributed by atoms with Crippen LogP contribution in [-0.4, -0.2) is 0 Å². The van der Waals surface area contributed by atoms with E-state index in [1.165, 1.54) is 88.0 Å². The second-order valence-corrected chi connectivity index (χ2v) is 12.6. The molecule has 0 fully saturated rings. The number of fused-ring (bicyclic) bond motifs is 3. The molecule has 224 valence electrons. The van der Waals surface area contributed by atoms with Gasteiger partial charge in [0.2, 0.25) is 0 Å². The molecule has 48 heavy (non-hydrogen) atoms. The minimum atomic E-state index is 1.22. The zero-order chi connectivity index (χ0) is 31.9. The van der Waals surface area contributed by atoms with Crippen LogP contribution in [0, 0.1) is 0 Å². The molecular formula is C48H32. The fraction of sp³-hybridized carbons (Fsp3) is 0. The van der Waals surface area contributed by atoms with Crippen LogP contribution in [0.1, 0.15) is 0 Å². The quantitative estimate of drug-likeness (QED) is 0.182. The molecule has 0 heteroatoms. The van der Waals surface area contributed by atoms with Gasteiger partial charge in [-0.25, -0.2) is 0 Å². The maximum Gasteiger partial charge on any atom is -0.00992 e. The Hall–Kier alpha value is -6.24. The van der Waals surface area contributed by atoms with E-state index in [0.717, 1.165) is 0 Å². The Morgan fingerprint density at radius 1 is 0.188 bits per heavy atom. The van der Waals surface area contributed by atoms with Crippen molar-refractivity contribution in [2.24, 2.45) is 0 Å². The number of hydrogen-bond acceptors (Lipinski definition) is 0. The highest BCUT2D eigenvalue weighted by Crippen LogP contribution is 2.38. The summed E-state index contributed by atoms with van der Waals surface area (Å²) in [7, 11) is 0. The summed E-state index contributed by atoms with van der Waals surface area (Å²) in [4.78, 5) is 0. The lowest BCUT2D eigenvalue weighted by Crippen LogP contribution is -1.87. The Morgan fingerprint density at radius 3 is 0.958 bits per heavy atom. The minimum absolute atomic E-state index is 1.22. The molecule has 0 unspecified atom stereocenters. The van der Waals surface area contributed by atoms with Crippen molar-refractivity contribution in [3.05, 3.63) is 194 Å². The largest absolute Gasteiger partial charge is 0.0622 e. The van der Waals surface area contributed by atoms with Gasteiger partial charge >= 0.3 is 0 Å². The molecule has 0 nitrogen and oxygen atoms in total. The third-order valence-corrected chi connectivity index (χ3v) is 9.66. The van der Waals surface area contributed by atoms with Crippen LogP contribution in [0.3, 0.4) is 0 Å². The predicted octanol–water partition coefficient (Wildman–Crippen LogP) is 13.5. The maximum absolute atomic E-state index is 2.33. The molecule has 0 radical (unpaired) electrons. The Morgan fingerprint density at radius 2 is 0.500 bits per heavy atom. The van der Waals surface area contributed by atoms with E-state index >= 15 is 0 Å². The Kier molecular flexibility index (Phi) is 6.91. The highest BCUT2D eigenvalue weighted by molar-refractivity contribution is 6.06. The van der Waals surface area contributed by atoms with Crippen molar-refractivity contribution in [2.75, 3.05) is 0 Å². The second kappa shape index (κ2) is 11.8. The summed E-state index contributed by atoms with van der Waals surface area (Å²) in [6.07, 6.45) is 0. The highest BCUT2D eigenvalue weighted by atomic mass is 14.2. The molecule has 0 spiro atoms. The van der Waals surface area contributed by atoms with Crippen LogP contribution in [-0.2, 0) is 0 Å². The SMILES string of the molecule is c1ccc(-c2ccc3cc(-c4ccc(-c5ccc(-c6ccc7cc(-c8ccccc8)ccc7c6)c6ccccc56)cc4)ccc3c2)cc1. The van der Waals surface area contributed by atoms with Gasteiger partial charge in [-0.2, -0.15) is 0 Å². The van der Waals surface area contributed by atoms with E-state index in [1.807, 2.05) is 0 Å². The molecule has 9 aromatic rings. The average Bonchev–Trinajstić information content (AvgIpc) is 3.17. The van der Waals surface area contributed by atoms with Crippen molar-refractivity contribution >= 4 is 32.3 Å². The van der Waals surface area contributed by atoms with Gasteiger partial charge in [0.25, 0.3) is 0 Å². The normalized spacial score (nSPS) is 11.3. The zero-order valence-electron chi connectivity index (χ0n) is 26.5. The molecule has 0 aliphatic rings. The van der Waals surface area contributed by atoms with E-state index in [9.17, 15) is 0 Å². The lowest BCUT2D eigenvalue weighted by Gasteiger charge is -2.14. The molecular weight excluding hydrogens is 577 g/mol. The number of hydrogen-bond donors (Lipinski definition) is 0. The summed E-state index contributed by atoms with van der Waals surface area (Å²) in [5.74, 6) is 0. The van der Waals surface area contributed by atoms with Crippen LogP contribution in [0.25, 0.3) is 88.0 Å². The summed E-state index contributed by atoms with van der Waals surface area (Å²) in [6.45, 7) is 0. The van der Waals surface area contributed by atoms with Crippen LogP contribution in [0.15, 0.2) is 194 Å². The van der Waals surface area contributed by atoms with Crippen LogP contribution in [0.5, 0.6) is 0 Å². The van der Waals surface area contributed by atoms with E-state index in [-0.39, 0.29) is 0 Å². The highest BCUT2D eigenvalue weighted by Gasteiger charge is 2.11. The van der Waals surface area contributed by atoms with Gasteiger partial charge in [-0.1, -0.05) is 170 Å². The molecule has 0 bridgehead atoms. The summed E-state index contributed by atoms with van der Waals surface area (Å²) in [5, 5.41) is 7.55. The molecule has 0 aliphatic carbocycles. The molecule has 0 aliphatic heterocycles. The van der Waals surface area contributed by atoms with Gasteiger partial charge in [-0.15, -0.1) is 0 Å². The second-order valence-electron chi connectivity index (χ2n) is 12.6. The first kappa shape index (κ1) is 28.0. The first-order valence-electron chi connectivity index (χ1n) is 16.6. The van der Waals surface area contributed by atoms with E-state index in [0.29, 0.717) is 0 Å². The monoisotopic (exact) mass is 608 g/mol. The van der Waals surface area contributed by atoms with E-state index in [2.05, 4.69) is 194 Å². The van der Waals surface area contributed by atoms with Crippen LogP contribution in [0.2, 0.25) is 0 Å². The van der Waals surface area contributed by atoms with Gasteiger partial charge in [0.1, 0.15) is 0 Å². The molecule has 0 heterocycles. The van der Waals surface area contributed by atoms with Crippen molar-refractivity contribution in [3.8, 4) is 55.6 Å². The predicted molar refractivity (Wildman–Crippen MR) is 206 cm³/mol. The van der Waals surface area contributed by atoms with Gasteiger partial charge in [0.15, 0.2) is 0 Å². The molecule has 0 aromatic heterocycles. The van der Waals surface area contributed by atoms with E-state index in [1.54, 1.807) is 0 Å². The van der Waals surface area contributed by atoms with Gasteiger partial charge in [0, 0.05) is 0 Å². The van der Waals surface area contributed by atoms with Crippen molar-refractivity contribution in [2.45, 2.75) is 0 Å². The van der Waals surface area contributed by atoms with E-state index in [4.69, 9.17) is 0 Å². The summed E-state index contributed by atoms with van der Waals surface area (Å²) >= 11 is 0. The third kappa shape index (κ3) is 5.14. The first-order chi connectivity index (χ1) is 23.8. The standard InChI is InChI=1S/C48H32/c1-3-9-33(10-4-1)37-19-22-41-31-39(21-23-40(41)29-37)35-15-17-36(18-16-35)45-27-28-46(48-14-8-7-13-47(45)48)44-26-25-42-30-38(20-24-43(42)32-44)34-11-5-2-6-12-34/h1-32H. The van der Waals surface area contributed by atoms with Crippen molar-refractivity contribution in [1.29, 1.82) is 0 Å². The fourth-order valence-electron chi connectivity index (χ4n) is 7.10. The van der Waals surface area contributed by atoms with Gasteiger partial charge in [-0.05, 0) is 112 Å². The Bertz CT molecular complexity index is 2580. The number of rotatable bonds is 5. The van der Waals surface area contributed by atoms with E-state index < -0.39 is 0 Å². The van der Waals surface area contributed by atoms with Crippen LogP contribution >= 0.6 is 0 Å². The van der Waals surface area contributed by atoms with Crippen LogP contribution in [0.4, 0.5) is 0 Å². The van der Waals surface area contributed by atoms with Crippen molar-refractivity contribution in [1.82, 2.24) is 0 Å². The minimum Gasteiger partial charge on any atom is -0.0622 e. The van der Waals surface area contributed by atoms with Gasteiger partial charge in [-0.3, -0.25) is 0 Å². The molecule has 0 N–H and O–H groups in total.